The molecule has 0 fully saturated rings. The Bertz CT molecular complexity index is 482. The number of rotatable bonds is 3. The summed E-state index contributed by atoms with van der Waals surface area (Å²) in [6, 6.07) is 3.54. The fraction of sp³-hybridized carbons (Fsp3) is 0.467. The minimum atomic E-state index is -0.330. The van der Waals surface area contributed by atoms with Gasteiger partial charge in [-0.25, -0.2) is 4.79 Å². The molecule has 0 aliphatic heterocycles. The van der Waals surface area contributed by atoms with Crippen molar-refractivity contribution in [2.45, 2.75) is 39.0 Å². The Hall–Kier alpha value is -1.84. The van der Waals surface area contributed by atoms with E-state index in [1.54, 1.807) is 25.3 Å². The summed E-state index contributed by atoms with van der Waals surface area (Å²) in [5.74, 6) is 0.412. The van der Waals surface area contributed by atoms with Crippen LogP contribution >= 0.6 is 0 Å². The summed E-state index contributed by atoms with van der Waals surface area (Å²) >= 11 is 0. The molecule has 1 aromatic rings. The predicted molar refractivity (Wildman–Crippen MR) is 70.4 cm³/mol. The lowest BCUT2D eigenvalue weighted by Gasteiger charge is -2.15. The van der Waals surface area contributed by atoms with Gasteiger partial charge in [-0.15, -0.1) is 0 Å². The number of carbonyl (C=O) groups is 2. The average Bonchev–Trinajstić information content (AvgIpc) is 2.87. The summed E-state index contributed by atoms with van der Waals surface area (Å²) in [6.07, 6.45) is 4.66. The third kappa shape index (κ3) is 3.34. The van der Waals surface area contributed by atoms with Gasteiger partial charge in [-0.3, -0.25) is 4.79 Å². The molecular formula is C15H18O4. The van der Waals surface area contributed by atoms with Crippen LogP contribution in [0.15, 0.2) is 28.4 Å². The van der Waals surface area contributed by atoms with E-state index in [2.05, 4.69) is 0 Å². The largest absolute Gasteiger partial charge is 0.465 e. The van der Waals surface area contributed by atoms with Crippen molar-refractivity contribution in [1.82, 2.24) is 0 Å². The lowest BCUT2D eigenvalue weighted by atomic mass is 9.91. The first-order valence-corrected chi connectivity index (χ1v) is 6.67. The van der Waals surface area contributed by atoms with Crippen LogP contribution in [-0.2, 0) is 14.3 Å². The number of hydrogen-bond acceptors (Lipinski definition) is 4. The first kappa shape index (κ1) is 13.6. The van der Waals surface area contributed by atoms with Crippen LogP contribution in [0.5, 0.6) is 0 Å². The van der Waals surface area contributed by atoms with Crippen molar-refractivity contribution in [3.63, 3.8) is 0 Å². The highest BCUT2D eigenvalue weighted by atomic mass is 16.5. The minimum Gasteiger partial charge on any atom is -0.465 e. The first-order valence-electron chi connectivity index (χ1n) is 6.67. The Labute approximate surface area is 112 Å². The second-order valence-electron chi connectivity index (χ2n) is 4.58. The zero-order valence-electron chi connectivity index (χ0n) is 11.1. The minimum absolute atomic E-state index is 0.146. The first-order chi connectivity index (χ1) is 9.22. The van der Waals surface area contributed by atoms with Crippen LogP contribution in [0, 0.1) is 0 Å². The Balaban J connectivity index is 2.40. The number of ketones is 1. The molecule has 0 bridgehead atoms. The molecule has 1 aliphatic carbocycles. The van der Waals surface area contributed by atoms with E-state index in [0.29, 0.717) is 36.4 Å². The van der Waals surface area contributed by atoms with Crippen molar-refractivity contribution >= 4 is 17.3 Å². The Kier molecular flexibility index (Phi) is 4.55. The number of furan rings is 1. The van der Waals surface area contributed by atoms with Gasteiger partial charge in [-0.05, 0) is 38.3 Å². The van der Waals surface area contributed by atoms with Gasteiger partial charge < -0.3 is 9.15 Å². The van der Waals surface area contributed by atoms with Crippen LogP contribution in [-0.4, -0.2) is 18.4 Å². The quantitative estimate of drug-likeness (QED) is 0.785. The van der Waals surface area contributed by atoms with Gasteiger partial charge >= 0.3 is 5.97 Å². The van der Waals surface area contributed by atoms with Crippen LogP contribution in [0.25, 0.3) is 5.57 Å². The molecule has 0 aromatic carbocycles. The molecule has 0 unspecified atom stereocenters. The van der Waals surface area contributed by atoms with Crippen LogP contribution < -0.4 is 0 Å². The molecule has 0 radical (unpaired) electrons. The van der Waals surface area contributed by atoms with Crippen LogP contribution in [0.3, 0.4) is 0 Å². The number of allylic oxidation sites excluding steroid dienone is 1. The second-order valence-corrected chi connectivity index (χ2v) is 4.58. The molecular weight excluding hydrogens is 244 g/mol. The standard InChI is InChI=1S/C15H18O4/c1-2-18-15(17)12-7-4-3-6-11(16)10-13(12)14-8-5-9-19-14/h5,8-9H,2-4,6-7,10H2,1H3/b13-12-. The molecule has 4 nitrogen and oxygen atoms in total. The Morgan fingerprint density at radius 1 is 1.37 bits per heavy atom. The molecule has 2 rings (SSSR count). The summed E-state index contributed by atoms with van der Waals surface area (Å²) in [6.45, 7) is 2.11. The van der Waals surface area contributed by atoms with Crippen LogP contribution in [0.4, 0.5) is 0 Å². The second kappa shape index (κ2) is 6.36. The maximum Gasteiger partial charge on any atom is 0.334 e. The molecule has 19 heavy (non-hydrogen) atoms. The number of hydrogen-bond donors (Lipinski definition) is 0. The lowest BCUT2D eigenvalue weighted by Crippen LogP contribution is -2.14. The van der Waals surface area contributed by atoms with Crippen molar-refractivity contribution in [3.8, 4) is 0 Å². The maximum atomic E-state index is 12.0. The maximum absolute atomic E-state index is 12.0. The molecule has 102 valence electrons. The summed E-state index contributed by atoms with van der Waals surface area (Å²) in [4.78, 5) is 23.9. The molecule has 0 saturated heterocycles. The van der Waals surface area contributed by atoms with Gasteiger partial charge in [0.25, 0.3) is 0 Å². The van der Waals surface area contributed by atoms with Crippen molar-refractivity contribution in [2.24, 2.45) is 0 Å². The third-order valence-electron chi connectivity index (χ3n) is 3.21. The topological polar surface area (TPSA) is 56.5 Å². The molecule has 4 heteroatoms. The van der Waals surface area contributed by atoms with Gasteiger partial charge in [0.05, 0.1) is 12.9 Å². The van der Waals surface area contributed by atoms with E-state index in [-0.39, 0.29) is 18.2 Å². The molecule has 0 spiro atoms. The highest BCUT2D eigenvalue weighted by Gasteiger charge is 2.23. The number of ether oxygens (including phenoxy) is 1. The monoisotopic (exact) mass is 262 g/mol. The predicted octanol–water partition coefficient (Wildman–Crippen LogP) is 3.13. The zero-order chi connectivity index (χ0) is 13.7. The van der Waals surface area contributed by atoms with Crippen molar-refractivity contribution in [2.75, 3.05) is 6.61 Å². The van der Waals surface area contributed by atoms with Gasteiger partial charge in [0.2, 0.25) is 0 Å². The van der Waals surface area contributed by atoms with E-state index < -0.39 is 0 Å². The normalized spacial score (nSPS) is 20.8. The van der Waals surface area contributed by atoms with Crippen LogP contribution in [0.1, 0.15) is 44.8 Å². The SMILES string of the molecule is CCOC(=O)/C1=C(\c2ccco2)CC(=O)CCCC1. The van der Waals surface area contributed by atoms with Crippen molar-refractivity contribution in [1.29, 1.82) is 0 Å². The molecule has 1 aromatic heterocycles. The molecule has 0 amide bonds. The number of Topliss-reactive ketones (excluding diaryl/α,β-unsaturated/α-hetero) is 1. The van der Waals surface area contributed by atoms with E-state index in [9.17, 15) is 9.59 Å². The fourth-order valence-corrected chi connectivity index (χ4v) is 2.30. The van der Waals surface area contributed by atoms with Gasteiger partial charge in [-0.2, -0.15) is 0 Å². The van der Waals surface area contributed by atoms with Gasteiger partial charge in [0.15, 0.2) is 0 Å². The summed E-state index contributed by atoms with van der Waals surface area (Å²) in [5.41, 5.74) is 1.28. The van der Waals surface area contributed by atoms with Gasteiger partial charge in [-0.1, -0.05) is 0 Å². The van der Waals surface area contributed by atoms with E-state index in [1.165, 1.54) is 0 Å². The van der Waals surface area contributed by atoms with Crippen molar-refractivity contribution < 1.29 is 18.7 Å². The van der Waals surface area contributed by atoms with E-state index >= 15 is 0 Å². The average molecular weight is 262 g/mol. The van der Waals surface area contributed by atoms with Crippen LogP contribution in [0.2, 0.25) is 0 Å². The van der Waals surface area contributed by atoms with E-state index in [0.717, 1.165) is 12.8 Å². The van der Waals surface area contributed by atoms with E-state index in [1.807, 2.05) is 0 Å². The summed E-state index contributed by atoms with van der Waals surface area (Å²) < 4.78 is 10.4. The van der Waals surface area contributed by atoms with Gasteiger partial charge in [0, 0.05) is 24.0 Å². The summed E-state index contributed by atoms with van der Waals surface area (Å²) in [7, 11) is 0. The highest BCUT2D eigenvalue weighted by Crippen LogP contribution is 2.30. The molecule has 1 heterocycles. The summed E-state index contributed by atoms with van der Waals surface area (Å²) in [5, 5.41) is 0. The Morgan fingerprint density at radius 3 is 2.84 bits per heavy atom. The zero-order valence-corrected chi connectivity index (χ0v) is 11.1. The molecule has 0 saturated carbocycles. The lowest BCUT2D eigenvalue weighted by molar-refractivity contribution is -0.138. The number of carbonyl (C=O) groups excluding carboxylic acids is 2. The number of esters is 1. The molecule has 0 N–H and O–H groups in total. The molecule has 0 atom stereocenters. The fourth-order valence-electron chi connectivity index (χ4n) is 2.30. The molecule has 1 aliphatic rings. The van der Waals surface area contributed by atoms with Gasteiger partial charge in [0.1, 0.15) is 11.5 Å². The Morgan fingerprint density at radius 2 is 2.16 bits per heavy atom. The smallest absolute Gasteiger partial charge is 0.334 e. The third-order valence-corrected chi connectivity index (χ3v) is 3.21. The highest BCUT2D eigenvalue weighted by molar-refractivity contribution is 6.01. The van der Waals surface area contributed by atoms with Crippen molar-refractivity contribution in [3.05, 3.63) is 29.7 Å². The van der Waals surface area contributed by atoms with E-state index in [4.69, 9.17) is 9.15 Å².